The van der Waals surface area contributed by atoms with Crippen molar-refractivity contribution in [1.29, 1.82) is 0 Å². The smallest absolute Gasteiger partial charge is 0.315 e. The van der Waals surface area contributed by atoms with Crippen molar-refractivity contribution < 1.29 is 18.4 Å². The molecule has 0 radical (unpaired) electrons. The van der Waals surface area contributed by atoms with E-state index in [0.29, 0.717) is 5.56 Å². The van der Waals surface area contributed by atoms with Crippen LogP contribution in [0.5, 0.6) is 0 Å². The van der Waals surface area contributed by atoms with Crippen LogP contribution in [0.25, 0.3) is 10.8 Å². The Hall–Kier alpha value is -3.00. The van der Waals surface area contributed by atoms with E-state index in [1.54, 1.807) is 6.92 Å². The number of hydrogen-bond acceptors (Lipinski definition) is 3. The summed E-state index contributed by atoms with van der Waals surface area (Å²) in [6.07, 6.45) is 5.46. The Morgan fingerprint density at radius 2 is 2.04 bits per heavy atom. The third-order valence-corrected chi connectivity index (χ3v) is 4.43. The molecule has 1 heterocycles. The van der Waals surface area contributed by atoms with Crippen LogP contribution in [0.1, 0.15) is 18.5 Å². The molecule has 2 aromatic rings. The number of amides is 2. The summed E-state index contributed by atoms with van der Waals surface area (Å²) in [5, 5.41) is 5.01. The lowest BCUT2D eigenvalue weighted by molar-refractivity contribution is -0.110. The van der Waals surface area contributed by atoms with Crippen molar-refractivity contribution in [3.63, 3.8) is 0 Å². The predicted octanol–water partition coefficient (Wildman–Crippen LogP) is 2.80. The zero-order chi connectivity index (χ0) is 19.7. The fourth-order valence-corrected chi connectivity index (χ4v) is 2.99. The number of aromatic nitrogens is 1. The summed E-state index contributed by atoms with van der Waals surface area (Å²) in [4.78, 5) is 37.7. The normalized spacial score (nSPS) is 17.6. The SMILES string of the molecule is CC(NC(=O)NC1C=CC(=O)C(Cl)=C1)c1c[nH]c(=O)c2c(F)c(F)ccc12. The van der Waals surface area contributed by atoms with E-state index >= 15 is 0 Å². The third kappa shape index (κ3) is 3.75. The van der Waals surface area contributed by atoms with Gasteiger partial charge in [0.25, 0.3) is 5.56 Å². The average molecular weight is 394 g/mol. The molecule has 2 amide bonds. The Morgan fingerprint density at radius 3 is 2.74 bits per heavy atom. The van der Waals surface area contributed by atoms with Crippen molar-refractivity contribution in [3.05, 3.63) is 69.1 Å². The van der Waals surface area contributed by atoms with Crippen molar-refractivity contribution in [3.8, 4) is 0 Å². The fraction of sp³-hybridized carbons (Fsp3) is 0.167. The molecule has 140 valence electrons. The first-order valence-electron chi connectivity index (χ1n) is 7.94. The van der Waals surface area contributed by atoms with Gasteiger partial charge in [0.15, 0.2) is 17.4 Å². The first-order valence-corrected chi connectivity index (χ1v) is 8.32. The van der Waals surface area contributed by atoms with Crippen LogP contribution in [0.15, 0.2) is 46.4 Å². The van der Waals surface area contributed by atoms with Gasteiger partial charge in [-0.05, 0) is 36.1 Å². The standard InChI is InChI=1S/C18H14ClF2N3O3/c1-8(23-18(27)24-9-2-5-14(25)12(19)6-9)11-7-22-17(26)15-10(11)3-4-13(20)16(15)21/h2-9H,1H3,(H,22,26)(H2,23,24,27). The summed E-state index contributed by atoms with van der Waals surface area (Å²) in [5.41, 5.74) is -0.360. The van der Waals surface area contributed by atoms with Gasteiger partial charge in [-0.3, -0.25) is 9.59 Å². The summed E-state index contributed by atoms with van der Waals surface area (Å²) in [5.74, 6) is -2.73. The molecule has 1 aliphatic carbocycles. The van der Waals surface area contributed by atoms with Gasteiger partial charge in [0.2, 0.25) is 0 Å². The molecule has 0 bridgehead atoms. The third-order valence-electron chi connectivity index (χ3n) is 4.12. The highest BCUT2D eigenvalue weighted by Crippen LogP contribution is 2.24. The van der Waals surface area contributed by atoms with E-state index in [9.17, 15) is 23.2 Å². The molecule has 3 rings (SSSR count). The lowest BCUT2D eigenvalue weighted by Crippen LogP contribution is -2.42. The molecule has 9 heteroatoms. The van der Waals surface area contributed by atoms with Crippen molar-refractivity contribution in [2.45, 2.75) is 19.0 Å². The van der Waals surface area contributed by atoms with Gasteiger partial charge in [-0.1, -0.05) is 23.7 Å². The first-order chi connectivity index (χ1) is 12.8. The number of H-pyrrole nitrogens is 1. The topological polar surface area (TPSA) is 91.1 Å². The summed E-state index contributed by atoms with van der Waals surface area (Å²) in [6, 6.07) is 0.425. The van der Waals surface area contributed by atoms with Crippen molar-refractivity contribution >= 4 is 34.2 Å². The van der Waals surface area contributed by atoms with Gasteiger partial charge in [0, 0.05) is 6.20 Å². The molecular formula is C18H14ClF2N3O3. The summed E-state index contributed by atoms with van der Waals surface area (Å²) in [6.45, 7) is 1.62. The van der Waals surface area contributed by atoms with Gasteiger partial charge < -0.3 is 15.6 Å². The molecule has 6 nitrogen and oxygen atoms in total. The van der Waals surface area contributed by atoms with Gasteiger partial charge >= 0.3 is 6.03 Å². The number of benzene rings is 1. The quantitative estimate of drug-likeness (QED) is 0.748. The highest BCUT2D eigenvalue weighted by Gasteiger charge is 2.20. The van der Waals surface area contributed by atoms with E-state index in [4.69, 9.17) is 11.6 Å². The van der Waals surface area contributed by atoms with Crippen LogP contribution in [0.4, 0.5) is 13.6 Å². The van der Waals surface area contributed by atoms with Gasteiger partial charge in [-0.2, -0.15) is 0 Å². The highest BCUT2D eigenvalue weighted by molar-refractivity contribution is 6.44. The molecule has 0 fully saturated rings. The van der Waals surface area contributed by atoms with Crippen LogP contribution in [-0.2, 0) is 4.79 Å². The zero-order valence-electron chi connectivity index (χ0n) is 14.0. The fourth-order valence-electron chi connectivity index (χ4n) is 2.79. The molecule has 0 saturated carbocycles. The average Bonchev–Trinajstić information content (AvgIpc) is 2.61. The number of fused-ring (bicyclic) bond motifs is 1. The molecule has 1 aromatic heterocycles. The molecule has 2 unspecified atom stereocenters. The minimum atomic E-state index is -1.25. The van der Waals surface area contributed by atoms with Gasteiger partial charge in [-0.15, -0.1) is 0 Å². The van der Waals surface area contributed by atoms with Crippen LogP contribution >= 0.6 is 11.6 Å². The van der Waals surface area contributed by atoms with Crippen LogP contribution in [-0.4, -0.2) is 22.8 Å². The monoisotopic (exact) mass is 393 g/mol. The number of halogens is 3. The minimum Gasteiger partial charge on any atom is -0.332 e. The lowest BCUT2D eigenvalue weighted by Gasteiger charge is -2.19. The van der Waals surface area contributed by atoms with Gasteiger partial charge in [-0.25, -0.2) is 13.6 Å². The lowest BCUT2D eigenvalue weighted by atomic mass is 10.0. The Labute approximate surface area is 156 Å². The highest BCUT2D eigenvalue weighted by atomic mass is 35.5. The number of urea groups is 1. The number of pyridine rings is 1. The molecule has 1 aromatic carbocycles. The zero-order valence-corrected chi connectivity index (χ0v) is 14.7. The second kappa shape index (κ2) is 7.32. The van der Waals surface area contributed by atoms with Crippen LogP contribution in [0.2, 0.25) is 0 Å². The van der Waals surface area contributed by atoms with Crippen molar-refractivity contribution in [1.82, 2.24) is 15.6 Å². The Bertz CT molecular complexity index is 1060. The number of nitrogens with one attached hydrogen (secondary N) is 3. The largest absolute Gasteiger partial charge is 0.332 e. The Balaban J connectivity index is 1.82. The number of allylic oxidation sites excluding steroid dienone is 2. The molecule has 0 spiro atoms. The maximum Gasteiger partial charge on any atom is 0.315 e. The van der Waals surface area contributed by atoms with Gasteiger partial charge in [0.1, 0.15) is 0 Å². The summed E-state index contributed by atoms with van der Waals surface area (Å²) >= 11 is 5.74. The second-order valence-electron chi connectivity index (χ2n) is 5.96. The van der Waals surface area contributed by atoms with Crippen LogP contribution in [0, 0.1) is 11.6 Å². The van der Waals surface area contributed by atoms with E-state index in [1.807, 2.05) is 0 Å². The number of rotatable bonds is 3. The predicted molar refractivity (Wildman–Crippen MR) is 96.4 cm³/mol. The summed E-state index contributed by atoms with van der Waals surface area (Å²) < 4.78 is 27.4. The molecular weight excluding hydrogens is 380 g/mol. The molecule has 2 atom stereocenters. The molecule has 0 aliphatic heterocycles. The number of hydrogen-bond donors (Lipinski definition) is 3. The maximum atomic E-state index is 14.0. The van der Waals surface area contributed by atoms with E-state index in [1.165, 1.54) is 30.5 Å². The molecule has 27 heavy (non-hydrogen) atoms. The second-order valence-corrected chi connectivity index (χ2v) is 6.37. The number of carbonyl (C=O) groups excluding carboxylic acids is 2. The van der Waals surface area contributed by atoms with Crippen LogP contribution < -0.4 is 16.2 Å². The van der Waals surface area contributed by atoms with Crippen LogP contribution in [0.3, 0.4) is 0 Å². The molecule has 3 N–H and O–H groups in total. The number of carbonyl (C=O) groups is 2. The Morgan fingerprint density at radius 1 is 1.30 bits per heavy atom. The first kappa shape index (κ1) is 18.8. The van der Waals surface area contributed by atoms with Gasteiger partial charge in [0.05, 0.1) is 22.5 Å². The summed E-state index contributed by atoms with van der Waals surface area (Å²) in [7, 11) is 0. The number of ketones is 1. The maximum absolute atomic E-state index is 14.0. The van der Waals surface area contributed by atoms with E-state index in [-0.39, 0.29) is 16.2 Å². The van der Waals surface area contributed by atoms with Crippen molar-refractivity contribution in [2.75, 3.05) is 0 Å². The van der Waals surface area contributed by atoms with Crippen molar-refractivity contribution in [2.24, 2.45) is 0 Å². The van der Waals surface area contributed by atoms with E-state index in [2.05, 4.69) is 15.6 Å². The number of aromatic amines is 1. The molecule has 1 aliphatic rings. The van der Waals surface area contributed by atoms with E-state index in [0.717, 1.165) is 6.07 Å². The molecule has 0 saturated heterocycles. The minimum absolute atomic E-state index is 0.0000195. The Kier molecular flexibility index (Phi) is 5.09. The van der Waals surface area contributed by atoms with E-state index < -0.39 is 40.7 Å².